The van der Waals surface area contributed by atoms with E-state index in [0.29, 0.717) is 30.4 Å². The number of aldehydes is 1. The molecule has 5 nitrogen and oxygen atoms in total. The zero-order chi connectivity index (χ0) is 13.7. The van der Waals surface area contributed by atoms with Gasteiger partial charge in [-0.2, -0.15) is 5.10 Å². The van der Waals surface area contributed by atoms with Gasteiger partial charge in [-0.05, 0) is 31.5 Å². The highest BCUT2D eigenvalue weighted by molar-refractivity contribution is 5.71. The molecule has 2 heterocycles. The van der Waals surface area contributed by atoms with Gasteiger partial charge >= 0.3 is 0 Å². The van der Waals surface area contributed by atoms with Gasteiger partial charge < -0.3 is 4.74 Å². The molecule has 0 spiro atoms. The van der Waals surface area contributed by atoms with Crippen LogP contribution in [0.5, 0.6) is 5.75 Å². The number of nitrogens with zero attached hydrogens (tertiary/aromatic N) is 3. The van der Waals surface area contributed by atoms with Gasteiger partial charge in [-0.25, -0.2) is 4.98 Å². The van der Waals surface area contributed by atoms with E-state index in [4.69, 9.17) is 4.74 Å². The fourth-order valence-electron chi connectivity index (χ4n) is 1.59. The number of pyridine rings is 1. The second-order valence-corrected chi connectivity index (χ2v) is 4.37. The molecule has 0 fully saturated rings. The Bertz CT molecular complexity index is 534. The van der Waals surface area contributed by atoms with Gasteiger partial charge in [0.15, 0.2) is 6.29 Å². The average molecular weight is 259 g/mol. The van der Waals surface area contributed by atoms with Crippen molar-refractivity contribution in [3.8, 4) is 5.75 Å². The van der Waals surface area contributed by atoms with Crippen molar-refractivity contribution in [3.05, 3.63) is 42.0 Å². The smallest absolute Gasteiger partial charge is 0.168 e. The van der Waals surface area contributed by atoms with Crippen LogP contribution in [0, 0.1) is 0 Å². The molecule has 1 unspecified atom stereocenters. The van der Waals surface area contributed by atoms with Crippen molar-refractivity contribution in [2.45, 2.75) is 32.9 Å². The summed E-state index contributed by atoms with van der Waals surface area (Å²) in [6, 6.07) is 5.68. The molecule has 0 bridgehead atoms. The average Bonchev–Trinajstić information content (AvgIpc) is 2.93. The van der Waals surface area contributed by atoms with Crippen molar-refractivity contribution in [2.75, 3.05) is 0 Å². The van der Waals surface area contributed by atoms with Crippen molar-refractivity contribution >= 4 is 6.29 Å². The Morgan fingerprint density at radius 2 is 2.26 bits per heavy atom. The predicted molar refractivity (Wildman–Crippen MR) is 71.2 cm³/mol. The van der Waals surface area contributed by atoms with Gasteiger partial charge in [-0.3, -0.25) is 9.48 Å². The highest BCUT2D eigenvalue weighted by Crippen LogP contribution is 2.12. The number of carbonyl (C=O) groups is 1. The third-order valence-electron chi connectivity index (χ3n) is 2.97. The molecule has 5 heteroatoms. The summed E-state index contributed by atoms with van der Waals surface area (Å²) in [7, 11) is 0. The van der Waals surface area contributed by atoms with Crippen molar-refractivity contribution < 1.29 is 9.53 Å². The van der Waals surface area contributed by atoms with Gasteiger partial charge in [0.05, 0.1) is 11.9 Å². The van der Waals surface area contributed by atoms with Crippen LogP contribution in [0.15, 0.2) is 30.6 Å². The van der Waals surface area contributed by atoms with Gasteiger partial charge in [0.1, 0.15) is 18.1 Å². The maximum absolute atomic E-state index is 10.5. The first-order chi connectivity index (χ1) is 9.22. The van der Waals surface area contributed by atoms with Crippen LogP contribution in [-0.2, 0) is 6.61 Å². The maximum Gasteiger partial charge on any atom is 0.168 e. The highest BCUT2D eigenvalue weighted by Gasteiger charge is 2.05. The molecule has 1 atom stereocenters. The Hall–Kier alpha value is -2.17. The minimum absolute atomic E-state index is 0.391. The summed E-state index contributed by atoms with van der Waals surface area (Å²) in [4.78, 5) is 14.4. The maximum atomic E-state index is 10.5. The van der Waals surface area contributed by atoms with Gasteiger partial charge in [0.2, 0.25) is 0 Å². The minimum Gasteiger partial charge on any atom is -0.486 e. The van der Waals surface area contributed by atoms with Crippen LogP contribution < -0.4 is 4.74 Å². The van der Waals surface area contributed by atoms with E-state index in [0.717, 1.165) is 12.1 Å². The van der Waals surface area contributed by atoms with E-state index in [-0.39, 0.29) is 0 Å². The van der Waals surface area contributed by atoms with Crippen molar-refractivity contribution in [1.29, 1.82) is 0 Å². The van der Waals surface area contributed by atoms with Crippen LogP contribution in [0.2, 0.25) is 0 Å². The van der Waals surface area contributed by atoms with E-state index in [2.05, 4.69) is 23.9 Å². The number of hydrogen-bond donors (Lipinski definition) is 0. The summed E-state index contributed by atoms with van der Waals surface area (Å²) in [6.07, 6.45) is 5.24. The second kappa shape index (κ2) is 6.13. The lowest BCUT2D eigenvalue weighted by Gasteiger charge is -2.08. The molecule has 0 aromatic carbocycles. The van der Waals surface area contributed by atoms with Gasteiger partial charge in [-0.1, -0.05) is 6.92 Å². The number of hydrogen-bond acceptors (Lipinski definition) is 4. The monoisotopic (exact) mass is 259 g/mol. The van der Waals surface area contributed by atoms with Crippen molar-refractivity contribution in [2.24, 2.45) is 0 Å². The number of ether oxygens (including phenoxy) is 1. The molecule has 0 saturated carbocycles. The van der Waals surface area contributed by atoms with E-state index in [9.17, 15) is 4.79 Å². The summed E-state index contributed by atoms with van der Waals surface area (Å²) in [6.45, 7) is 4.65. The lowest BCUT2D eigenvalue weighted by atomic mass is 10.3. The molecule has 0 aliphatic heterocycles. The Balaban J connectivity index is 1.94. The summed E-state index contributed by atoms with van der Waals surface area (Å²) in [5.41, 5.74) is 1.27. The molecule has 0 N–H and O–H groups in total. The molecule has 0 amide bonds. The molecule has 19 heavy (non-hydrogen) atoms. The normalized spacial score (nSPS) is 12.1. The first kappa shape index (κ1) is 13.3. The Kier molecular flexibility index (Phi) is 4.28. The Morgan fingerprint density at radius 3 is 2.89 bits per heavy atom. The molecule has 100 valence electrons. The van der Waals surface area contributed by atoms with Gasteiger partial charge in [0.25, 0.3) is 0 Å². The molecular weight excluding hydrogens is 242 g/mol. The summed E-state index contributed by atoms with van der Waals surface area (Å²) in [5, 5.41) is 4.44. The number of aromatic nitrogens is 3. The van der Waals surface area contributed by atoms with E-state index in [1.165, 1.54) is 6.20 Å². The first-order valence-corrected chi connectivity index (χ1v) is 6.31. The molecular formula is C14H17N3O2. The van der Waals surface area contributed by atoms with E-state index in [1.54, 1.807) is 12.1 Å². The Labute approximate surface area is 112 Å². The number of rotatable bonds is 6. The van der Waals surface area contributed by atoms with Crippen LogP contribution in [0.1, 0.15) is 42.5 Å². The highest BCUT2D eigenvalue weighted by atomic mass is 16.5. The summed E-state index contributed by atoms with van der Waals surface area (Å²) >= 11 is 0. The molecule has 0 aliphatic rings. The predicted octanol–water partition coefficient (Wildman–Crippen LogP) is 2.64. The van der Waals surface area contributed by atoms with Gasteiger partial charge in [-0.15, -0.1) is 0 Å². The molecule has 2 aromatic heterocycles. The van der Waals surface area contributed by atoms with Gasteiger partial charge in [0, 0.05) is 12.2 Å². The standard InChI is InChI=1S/C14H17N3O2/c1-3-11(2)17-7-6-13(16-17)10-19-14-5-4-12(9-18)15-8-14/h4-9,11H,3,10H2,1-2H3. The fourth-order valence-corrected chi connectivity index (χ4v) is 1.59. The summed E-state index contributed by atoms with van der Waals surface area (Å²) < 4.78 is 7.50. The molecule has 2 rings (SSSR count). The van der Waals surface area contributed by atoms with Crippen molar-refractivity contribution in [3.63, 3.8) is 0 Å². The lowest BCUT2D eigenvalue weighted by molar-refractivity contribution is 0.111. The van der Waals surface area contributed by atoms with Crippen LogP contribution in [-0.4, -0.2) is 21.1 Å². The van der Waals surface area contributed by atoms with E-state index < -0.39 is 0 Å². The summed E-state index contributed by atoms with van der Waals surface area (Å²) in [5.74, 6) is 0.628. The van der Waals surface area contributed by atoms with Crippen LogP contribution >= 0.6 is 0 Å². The second-order valence-electron chi connectivity index (χ2n) is 4.37. The largest absolute Gasteiger partial charge is 0.486 e. The SMILES string of the molecule is CCC(C)n1ccc(COc2ccc(C=O)nc2)n1. The van der Waals surface area contributed by atoms with Crippen molar-refractivity contribution in [1.82, 2.24) is 14.8 Å². The minimum atomic E-state index is 0.391. The quantitative estimate of drug-likeness (QED) is 0.748. The zero-order valence-electron chi connectivity index (χ0n) is 11.1. The Morgan fingerprint density at radius 1 is 1.42 bits per heavy atom. The van der Waals surface area contributed by atoms with E-state index >= 15 is 0 Å². The molecule has 0 saturated heterocycles. The fraction of sp³-hybridized carbons (Fsp3) is 0.357. The molecule has 0 aliphatic carbocycles. The molecule has 0 radical (unpaired) electrons. The third kappa shape index (κ3) is 3.40. The third-order valence-corrected chi connectivity index (χ3v) is 2.97. The number of carbonyl (C=O) groups excluding carboxylic acids is 1. The first-order valence-electron chi connectivity index (χ1n) is 6.31. The van der Waals surface area contributed by atoms with Crippen LogP contribution in [0.25, 0.3) is 0 Å². The van der Waals surface area contributed by atoms with Crippen LogP contribution in [0.4, 0.5) is 0 Å². The van der Waals surface area contributed by atoms with Crippen LogP contribution in [0.3, 0.4) is 0 Å². The molecule has 2 aromatic rings. The lowest BCUT2D eigenvalue weighted by Crippen LogP contribution is -2.05. The topological polar surface area (TPSA) is 57.0 Å². The van der Waals surface area contributed by atoms with E-state index in [1.807, 2.05) is 16.9 Å². The zero-order valence-corrected chi connectivity index (χ0v) is 11.1.